The van der Waals surface area contributed by atoms with Gasteiger partial charge in [-0.2, -0.15) is 0 Å². The van der Waals surface area contributed by atoms with Gasteiger partial charge < -0.3 is 15.4 Å². The quantitative estimate of drug-likeness (QED) is 0.895. The van der Waals surface area contributed by atoms with Crippen molar-refractivity contribution in [3.8, 4) is 5.75 Å². The molecule has 0 heterocycles. The smallest absolute Gasteiger partial charge is 0.230 e. The number of ether oxygens (including phenoxy) is 1. The van der Waals surface area contributed by atoms with Gasteiger partial charge in [0.1, 0.15) is 5.75 Å². The largest absolute Gasteiger partial charge is 0.497 e. The average Bonchev–Trinajstić information content (AvgIpc) is 2.43. The number of carbonyl (C=O) groups excluding carboxylic acids is 1. The van der Waals surface area contributed by atoms with E-state index < -0.39 is 0 Å². The second-order valence-corrected chi connectivity index (χ2v) is 6.01. The molecule has 0 unspecified atom stereocenters. The molecular weight excluding hydrogens is 252 g/mol. The van der Waals surface area contributed by atoms with Gasteiger partial charge in [0.2, 0.25) is 5.91 Å². The van der Waals surface area contributed by atoms with E-state index in [4.69, 9.17) is 10.5 Å². The summed E-state index contributed by atoms with van der Waals surface area (Å²) in [6.07, 6.45) is 1.82. The Morgan fingerprint density at radius 1 is 1.40 bits per heavy atom. The molecule has 2 N–H and O–H groups in total. The lowest BCUT2D eigenvalue weighted by atomic mass is 9.62. The molecule has 2 rings (SSSR count). The number of nitrogens with two attached hydrogens (primary N) is 1. The highest BCUT2D eigenvalue weighted by Crippen LogP contribution is 2.45. The number of methoxy groups -OCH3 is 1. The molecule has 1 aliphatic rings. The van der Waals surface area contributed by atoms with Gasteiger partial charge in [0.05, 0.1) is 12.5 Å². The van der Waals surface area contributed by atoms with E-state index in [0.717, 1.165) is 24.2 Å². The van der Waals surface area contributed by atoms with Crippen molar-refractivity contribution >= 4 is 5.91 Å². The van der Waals surface area contributed by atoms with Gasteiger partial charge in [-0.1, -0.05) is 19.1 Å². The summed E-state index contributed by atoms with van der Waals surface area (Å²) < 4.78 is 5.13. The first-order chi connectivity index (χ1) is 9.50. The minimum Gasteiger partial charge on any atom is -0.497 e. The van der Waals surface area contributed by atoms with Gasteiger partial charge in [0, 0.05) is 20.1 Å². The Labute approximate surface area is 120 Å². The first-order valence-corrected chi connectivity index (χ1v) is 7.09. The Bertz CT molecular complexity index is 464. The number of hydrogen-bond donors (Lipinski definition) is 1. The number of nitrogens with zero attached hydrogens (tertiary/aromatic N) is 1. The van der Waals surface area contributed by atoms with Crippen LogP contribution >= 0.6 is 0 Å². The van der Waals surface area contributed by atoms with Crippen molar-refractivity contribution in [2.75, 3.05) is 20.7 Å². The molecule has 110 valence electrons. The van der Waals surface area contributed by atoms with Crippen LogP contribution in [0.2, 0.25) is 0 Å². The van der Waals surface area contributed by atoms with Crippen LogP contribution in [-0.4, -0.2) is 31.5 Å². The lowest BCUT2D eigenvalue weighted by Crippen LogP contribution is -2.53. The fourth-order valence-corrected chi connectivity index (χ4v) is 3.18. The third-order valence-corrected chi connectivity index (χ3v) is 4.25. The molecule has 1 saturated carbocycles. The summed E-state index contributed by atoms with van der Waals surface area (Å²) in [6, 6.07) is 7.80. The summed E-state index contributed by atoms with van der Waals surface area (Å²) in [4.78, 5) is 14.4. The molecule has 1 aliphatic carbocycles. The lowest BCUT2D eigenvalue weighted by molar-refractivity contribution is -0.148. The number of hydrogen-bond acceptors (Lipinski definition) is 3. The summed E-state index contributed by atoms with van der Waals surface area (Å²) in [5.41, 5.74) is 6.62. The maximum Gasteiger partial charge on any atom is 0.230 e. The summed E-state index contributed by atoms with van der Waals surface area (Å²) in [6.45, 7) is 3.23. The Kier molecular flexibility index (Phi) is 4.33. The molecule has 0 bridgehead atoms. The molecule has 0 aromatic heterocycles. The van der Waals surface area contributed by atoms with Crippen molar-refractivity contribution in [1.29, 1.82) is 0 Å². The summed E-state index contributed by atoms with van der Waals surface area (Å²) in [5, 5.41) is 0. The van der Waals surface area contributed by atoms with Crippen LogP contribution in [0.4, 0.5) is 0 Å². The highest BCUT2D eigenvalue weighted by atomic mass is 16.5. The van der Waals surface area contributed by atoms with Crippen LogP contribution in [0, 0.1) is 11.3 Å². The number of carbonyl (C=O) groups is 1. The SMILES string of the molecule is COc1ccc(CN(C)C(=O)C2(CN)CC(C)C2)cc1. The molecule has 4 heteroatoms. The van der Waals surface area contributed by atoms with Crippen molar-refractivity contribution in [3.63, 3.8) is 0 Å². The van der Waals surface area contributed by atoms with Crippen LogP contribution < -0.4 is 10.5 Å². The first-order valence-electron chi connectivity index (χ1n) is 7.09. The van der Waals surface area contributed by atoms with Crippen molar-refractivity contribution in [1.82, 2.24) is 4.90 Å². The molecule has 0 radical (unpaired) electrons. The monoisotopic (exact) mass is 276 g/mol. The van der Waals surface area contributed by atoms with E-state index in [2.05, 4.69) is 6.92 Å². The van der Waals surface area contributed by atoms with Crippen molar-refractivity contribution in [3.05, 3.63) is 29.8 Å². The number of rotatable bonds is 5. The standard InChI is InChI=1S/C16H24N2O2/c1-12-8-16(9-12,11-17)15(19)18(2)10-13-4-6-14(20-3)7-5-13/h4-7,12H,8-11,17H2,1-3H3. The molecule has 0 aliphatic heterocycles. The molecule has 0 spiro atoms. The Balaban J connectivity index is 2.00. The molecule has 1 amide bonds. The zero-order valence-electron chi connectivity index (χ0n) is 12.6. The predicted octanol–water partition coefficient (Wildman–Crippen LogP) is 2.03. The molecule has 20 heavy (non-hydrogen) atoms. The number of benzene rings is 1. The van der Waals surface area contributed by atoms with Crippen LogP contribution in [-0.2, 0) is 11.3 Å². The van der Waals surface area contributed by atoms with E-state index in [1.165, 1.54) is 0 Å². The molecular formula is C16H24N2O2. The maximum atomic E-state index is 12.6. The van der Waals surface area contributed by atoms with Gasteiger partial charge in [-0.3, -0.25) is 4.79 Å². The zero-order valence-corrected chi connectivity index (χ0v) is 12.6. The molecule has 1 aromatic rings. The maximum absolute atomic E-state index is 12.6. The third-order valence-electron chi connectivity index (χ3n) is 4.25. The highest BCUT2D eigenvalue weighted by Gasteiger charge is 2.48. The molecule has 1 aromatic carbocycles. The van der Waals surface area contributed by atoms with Crippen LogP contribution in [0.3, 0.4) is 0 Å². The van der Waals surface area contributed by atoms with E-state index >= 15 is 0 Å². The third kappa shape index (κ3) is 2.80. The van der Waals surface area contributed by atoms with E-state index in [9.17, 15) is 4.79 Å². The van der Waals surface area contributed by atoms with Gasteiger partial charge in [-0.15, -0.1) is 0 Å². The van der Waals surface area contributed by atoms with Crippen molar-refractivity contribution in [2.45, 2.75) is 26.3 Å². The zero-order chi connectivity index (χ0) is 14.8. The second kappa shape index (κ2) is 5.83. The summed E-state index contributed by atoms with van der Waals surface area (Å²) >= 11 is 0. The normalized spacial score (nSPS) is 24.9. The van der Waals surface area contributed by atoms with E-state index in [-0.39, 0.29) is 11.3 Å². The van der Waals surface area contributed by atoms with Gasteiger partial charge in [0.15, 0.2) is 0 Å². The minimum atomic E-state index is -0.319. The van der Waals surface area contributed by atoms with Crippen molar-refractivity contribution < 1.29 is 9.53 Å². The van der Waals surface area contributed by atoms with Crippen LogP contribution in [0.15, 0.2) is 24.3 Å². The van der Waals surface area contributed by atoms with Crippen LogP contribution in [0.5, 0.6) is 5.75 Å². The fourth-order valence-electron chi connectivity index (χ4n) is 3.18. The van der Waals surface area contributed by atoms with Crippen molar-refractivity contribution in [2.24, 2.45) is 17.1 Å². The minimum absolute atomic E-state index is 0.175. The van der Waals surface area contributed by atoms with Gasteiger partial charge >= 0.3 is 0 Å². The lowest BCUT2D eigenvalue weighted by Gasteiger charge is -2.46. The summed E-state index contributed by atoms with van der Waals surface area (Å²) in [5.74, 6) is 1.61. The van der Waals surface area contributed by atoms with E-state index in [0.29, 0.717) is 19.0 Å². The van der Waals surface area contributed by atoms with Gasteiger partial charge in [-0.05, 0) is 36.5 Å². The summed E-state index contributed by atoms with van der Waals surface area (Å²) in [7, 11) is 3.50. The molecule has 0 atom stereocenters. The number of amides is 1. The van der Waals surface area contributed by atoms with Crippen LogP contribution in [0.25, 0.3) is 0 Å². The predicted molar refractivity (Wildman–Crippen MR) is 79.4 cm³/mol. The van der Waals surface area contributed by atoms with Gasteiger partial charge in [0.25, 0.3) is 0 Å². The molecule has 1 fully saturated rings. The Morgan fingerprint density at radius 2 is 2.00 bits per heavy atom. The van der Waals surface area contributed by atoms with Gasteiger partial charge in [-0.25, -0.2) is 0 Å². The topological polar surface area (TPSA) is 55.6 Å². The van der Waals surface area contributed by atoms with E-state index in [1.54, 1.807) is 12.0 Å². The van der Waals surface area contributed by atoms with Crippen LogP contribution in [0.1, 0.15) is 25.3 Å². The second-order valence-electron chi connectivity index (χ2n) is 6.01. The molecule has 0 saturated heterocycles. The Morgan fingerprint density at radius 3 is 2.45 bits per heavy atom. The fraction of sp³-hybridized carbons (Fsp3) is 0.562. The van der Waals surface area contributed by atoms with E-state index in [1.807, 2.05) is 31.3 Å². The first kappa shape index (κ1) is 14.9. The average molecular weight is 276 g/mol. The molecule has 4 nitrogen and oxygen atoms in total. The Hall–Kier alpha value is -1.55. The highest BCUT2D eigenvalue weighted by molar-refractivity contribution is 5.83.